The molecule has 16 heavy (non-hydrogen) atoms. The van der Waals surface area contributed by atoms with Crippen molar-refractivity contribution in [1.29, 1.82) is 0 Å². The second-order valence-corrected chi connectivity index (χ2v) is 4.08. The van der Waals surface area contributed by atoms with E-state index in [0.29, 0.717) is 5.56 Å². The Morgan fingerprint density at radius 2 is 2.00 bits per heavy atom. The molecular formula is C10H13ClN4O. The van der Waals surface area contributed by atoms with Gasteiger partial charge in [-0.05, 0) is 37.5 Å². The van der Waals surface area contributed by atoms with Crippen molar-refractivity contribution in [3.05, 3.63) is 23.2 Å². The predicted octanol–water partition coefficient (Wildman–Crippen LogP) is 0.612. The topological polar surface area (TPSA) is 66.9 Å². The van der Waals surface area contributed by atoms with Crippen molar-refractivity contribution in [2.45, 2.75) is 18.9 Å². The van der Waals surface area contributed by atoms with E-state index >= 15 is 0 Å². The first-order valence-electron chi connectivity index (χ1n) is 5.25. The summed E-state index contributed by atoms with van der Waals surface area (Å²) in [7, 11) is 0. The molecule has 1 aliphatic rings. The quantitative estimate of drug-likeness (QED) is 0.744. The van der Waals surface area contributed by atoms with Gasteiger partial charge in [-0.15, -0.1) is 0 Å². The first kappa shape index (κ1) is 11.3. The largest absolute Gasteiger partial charge is 0.349 e. The van der Waals surface area contributed by atoms with Gasteiger partial charge >= 0.3 is 0 Å². The summed E-state index contributed by atoms with van der Waals surface area (Å²) < 4.78 is 0. The summed E-state index contributed by atoms with van der Waals surface area (Å²) in [5, 5.41) is 6.35. The molecule has 0 radical (unpaired) electrons. The molecule has 1 aliphatic heterocycles. The van der Waals surface area contributed by atoms with Crippen LogP contribution in [0.5, 0.6) is 0 Å². The van der Waals surface area contributed by atoms with Crippen LogP contribution in [-0.2, 0) is 0 Å². The summed E-state index contributed by atoms with van der Waals surface area (Å²) in [6.45, 7) is 1.89. The van der Waals surface area contributed by atoms with Crippen LogP contribution in [0.25, 0.3) is 0 Å². The van der Waals surface area contributed by atoms with Gasteiger partial charge in [0.25, 0.3) is 5.91 Å². The SMILES string of the molecule is O=C(NC1CCNCC1)c1cnc(Cl)nc1. The van der Waals surface area contributed by atoms with E-state index in [1.807, 2.05) is 0 Å². The third kappa shape index (κ3) is 2.90. The van der Waals surface area contributed by atoms with Crippen LogP contribution >= 0.6 is 11.6 Å². The molecule has 2 N–H and O–H groups in total. The van der Waals surface area contributed by atoms with Crippen molar-refractivity contribution >= 4 is 17.5 Å². The second kappa shape index (κ2) is 5.23. The van der Waals surface area contributed by atoms with Crippen molar-refractivity contribution in [2.24, 2.45) is 0 Å². The minimum atomic E-state index is -0.136. The van der Waals surface area contributed by atoms with Gasteiger partial charge in [0, 0.05) is 18.4 Å². The number of nitrogens with one attached hydrogen (secondary N) is 2. The lowest BCUT2D eigenvalue weighted by molar-refractivity contribution is 0.0929. The summed E-state index contributed by atoms with van der Waals surface area (Å²) in [5.74, 6) is -0.136. The Balaban J connectivity index is 1.94. The number of aromatic nitrogens is 2. The average molecular weight is 241 g/mol. The summed E-state index contributed by atoms with van der Waals surface area (Å²) in [6.07, 6.45) is 4.79. The molecular weight excluding hydrogens is 228 g/mol. The third-order valence-electron chi connectivity index (χ3n) is 2.56. The molecule has 1 amide bonds. The van der Waals surface area contributed by atoms with E-state index in [0.717, 1.165) is 25.9 Å². The molecule has 2 heterocycles. The number of piperidine rings is 1. The summed E-state index contributed by atoms with van der Waals surface area (Å²) >= 11 is 5.55. The molecule has 0 spiro atoms. The fourth-order valence-electron chi connectivity index (χ4n) is 1.66. The van der Waals surface area contributed by atoms with Gasteiger partial charge in [0.05, 0.1) is 5.56 Å². The highest BCUT2D eigenvalue weighted by molar-refractivity contribution is 6.28. The van der Waals surface area contributed by atoms with Gasteiger partial charge in [-0.25, -0.2) is 9.97 Å². The Labute approximate surface area is 98.6 Å². The van der Waals surface area contributed by atoms with E-state index in [2.05, 4.69) is 20.6 Å². The van der Waals surface area contributed by atoms with E-state index < -0.39 is 0 Å². The summed E-state index contributed by atoms with van der Waals surface area (Å²) in [6, 6.07) is 0.240. The first-order chi connectivity index (χ1) is 7.75. The molecule has 0 atom stereocenters. The van der Waals surface area contributed by atoms with Crippen LogP contribution in [0.4, 0.5) is 0 Å². The number of halogens is 1. The van der Waals surface area contributed by atoms with Gasteiger partial charge in [0.1, 0.15) is 0 Å². The smallest absolute Gasteiger partial charge is 0.254 e. The maximum atomic E-state index is 11.8. The van der Waals surface area contributed by atoms with Gasteiger partial charge in [-0.2, -0.15) is 0 Å². The number of carbonyl (C=O) groups is 1. The molecule has 0 aromatic carbocycles. The Morgan fingerprint density at radius 1 is 1.38 bits per heavy atom. The molecule has 6 heteroatoms. The second-order valence-electron chi connectivity index (χ2n) is 3.74. The Morgan fingerprint density at radius 3 is 2.62 bits per heavy atom. The molecule has 5 nitrogen and oxygen atoms in total. The van der Waals surface area contributed by atoms with Crippen LogP contribution in [0.2, 0.25) is 5.28 Å². The Kier molecular flexibility index (Phi) is 3.69. The monoisotopic (exact) mass is 240 g/mol. The molecule has 0 unspecified atom stereocenters. The van der Waals surface area contributed by atoms with E-state index in [1.54, 1.807) is 0 Å². The van der Waals surface area contributed by atoms with Crippen LogP contribution in [0.1, 0.15) is 23.2 Å². The third-order valence-corrected chi connectivity index (χ3v) is 2.75. The van der Waals surface area contributed by atoms with Crippen LogP contribution in [-0.4, -0.2) is 35.0 Å². The molecule has 86 valence electrons. The Bertz CT molecular complexity index is 362. The molecule has 0 saturated carbocycles. The van der Waals surface area contributed by atoms with Gasteiger partial charge in [0.2, 0.25) is 5.28 Å². The summed E-state index contributed by atoms with van der Waals surface area (Å²) in [4.78, 5) is 19.3. The van der Waals surface area contributed by atoms with Crippen molar-refractivity contribution in [3.63, 3.8) is 0 Å². The fourth-order valence-corrected chi connectivity index (χ4v) is 1.76. The van der Waals surface area contributed by atoms with Gasteiger partial charge in [0.15, 0.2) is 0 Å². The van der Waals surface area contributed by atoms with Crippen molar-refractivity contribution in [3.8, 4) is 0 Å². The molecule has 1 aromatic heterocycles. The predicted molar refractivity (Wildman–Crippen MR) is 60.4 cm³/mol. The number of nitrogens with zero attached hydrogens (tertiary/aromatic N) is 2. The number of amides is 1. The van der Waals surface area contributed by atoms with Crippen molar-refractivity contribution < 1.29 is 4.79 Å². The first-order valence-corrected chi connectivity index (χ1v) is 5.62. The lowest BCUT2D eigenvalue weighted by atomic mass is 10.1. The van der Waals surface area contributed by atoms with E-state index in [9.17, 15) is 4.79 Å². The Hall–Kier alpha value is -1.20. The maximum absolute atomic E-state index is 11.8. The highest BCUT2D eigenvalue weighted by Gasteiger charge is 2.16. The summed E-state index contributed by atoms with van der Waals surface area (Å²) in [5.41, 5.74) is 0.447. The number of hydrogen-bond acceptors (Lipinski definition) is 4. The van der Waals surface area contributed by atoms with Gasteiger partial charge in [-0.3, -0.25) is 4.79 Å². The van der Waals surface area contributed by atoms with Crippen molar-refractivity contribution in [1.82, 2.24) is 20.6 Å². The molecule has 0 bridgehead atoms. The lowest BCUT2D eigenvalue weighted by Crippen LogP contribution is -2.42. The number of carbonyl (C=O) groups excluding carboxylic acids is 1. The molecule has 2 rings (SSSR count). The molecule has 1 aromatic rings. The number of hydrogen-bond donors (Lipinski definition) is 2. The van der Waals surface area contributed by atoms with Gasteiger partial charge in [-0.1, -0.05) is 0 Å². The maximum Gasteiger partial charge on any atom is 0.254 e. The van der Waals surface area contributed by atoms with Crippen LogP contribution in [0.15, 0.2) is 12.4 Å². The van der Waals surface area contributed by atoms with Gasteiger partial charge < -0.3 is 10.6 Å². The molecule has 0 aliphatic carbocycles. The lowest BCUT2D eigenvalue weighted by Gasteiger charge is -2.23. The van der Waals surface area contributed by atoms with Crippen molar-refractivity contribution in [2.75, 3.05) is 13.1 Å². The normalized spacial score (nSPS) is 17.1. The highest BCUT2D eigenvalue weighted by atomic mass is 35.5. The van der Waals surface area contributed by atoms with E-state index in [-0.39, 0.29) is 17.2 Å². The highest BCUT2D eigenvalue weighted by Crippen LogP contribution is 2.05. The zero-order chi connectivity index (χ0) is 11.4. The minimum absolute atomic E-state index is 0.136. The van der Waals surface area contributed by atoms with E-state index in [1.165, 1.54) is 12.4 Å². The molecule has 1 saturated heterocycles. The fraction of sp³-hybridized carbons (Fsp3) is 0.500. The van der Waals surface area contributed by atoms with Crippen LogP contribution in [0.3, 0.4) is 0 Å². The van der Waals surface area contributed by atoms with Crippen LogP contribution < -0.4 is 10.6 Å². The van der Waals surface area contributed by atoms with Crippen LogP contribution in [0, 0.1) is 0 Å². The van der Waals surface area contributed by atoms with E-state index in [4.69, 9.17) is 11.6 Å². The zero-order valence-electron chi connectivity index (χ0n) is 8.74. The average Bonchev–Trinajstić information content (AvgIpc) is 2.31. The standard InChI is InChI=1S/C10H13ClN4O/c11-10-13-5-7(6-14-10)9(16)15-8-1-3-12-4-2-8/h5-6,8,12H,1-4H2,(H,15,16). The molecule has 1 fully saturated rings. The minimum Gasteiger partial charge on any atom is -0.349 e. The number of rotatable bonds is 2. The zero-order valence-corrected chi connectivity index (χ0v) is 9.50.